The second-order valence-corrected chi connectivity index (χ2v) is 9.97. The number of nitrogens with one attached hydrogen (secondary N) is 2. The number of fused-ring (bicyclic) bond motifs is 3. The van der Waals surface area contributed by atoms with E-state index in [9.17, 15) is 19.2 Å². The van der Waals surface area contributed by atoms with Gasteiger partial charge in [-0.1, -0.05) is 66.7 Å². The first-order chi connectivity index (χ1) is 20.9. The number of rotatable bonds is 12. The van der Waals surface area contributed by atoms with Gasteiger partial charge in [0.25, 0.3) is 5.91 Å². The quantitative estimate of drug-likeness (QED) is 0.228. The summed E-state index contributed by atoms with van der Waals surface area (Å²) in [5.74, 6) is -1.56. The highest BCUT2D eigenvalue weighted by Crippen LogP contribution is 2.44. The number of aryl methyl sites for hydroxylation is 1. The number of anilines is 1. The summed E-state index contributed by atoms with van der Waals surface area (Å²) < 4.78 is 12.2. The van der Waals surface area contributed by atoms with Crippen LogP contribution in [0.4, 0.5) is 10.6 Å². The van der Waals surface area contributed by atoms with E-state index in [-0.39, 0.29) is 37.9 Å². The summed E-state index contributed by atoms with van der Waals surface area (Å²) in [7, 11) is 0. The molecule has 0 fully saturated rings. The summed E-state index contributed by atoms with van der Waals surface area (Å²) in [6.07, 6.45) is 1.02. The van der Waals surface area contributed by atoms with E-state index < -0.39 is 36.3 Å². The molecule has 0 aliphatic heterocycles. The van der Waals surface area contributed by atoms with Crippen LogP contribution in [0.5, 0.6) is 0 Å². The molecular formula is C32H30N4O7. The lowest BCUT2D eigenvalue weighted by Gasteiger charge is -2.20. The van der Waals surface area contributed by atoms with Gasteiger partial charge in [0, 0.05) is 24.2 Å². The van der Waals surface area contributed by atoms with Gasteiger partial charge in [-0.25, -0.2) is 14.4 Å². The van der Waals surface area contributed by atoms with Crippen LogP contribution in [-0.4, -0.2) is 58.5 Å². The van der Waals surface area contributed by atoms with Crippen LogP contribution in [0.15, 0.2) is 95.9 Å². The van der Waals surface area contributed by atoms with Gasteiger partial charge in [-0.15, -0.1) is 0 Å². The van der Waals surface area contributed by atoms with Crippen molar-refractivity contribution in [1.82, 2.24) is 14.9 Å². The molecule has 4 aromatic rings. The third-order valence-corrected chi connectivity index (χ3v) is 7.08. The normalized spacial score (nSPS) is 12.6. The summed E-state index contributed by atoms with van der Waals surface area (Å²) in [6, 6.07) is 25.4. The van der Waals surface area contributed by atoms with Crippen molar-refractivity contribution in [1.29, 1.82) is 0 Å². The second-order valence-electron chi connectivity index (χ2n) is 9.97. The summed E-state index contributed by atoms with van der Waals surface area (Å²) >= 11 is 0. The van der Waals surface area contributed by atoms with Gasteiger partial charge < -0.3 is 25.2 Å². The lowest BCUT2D eigenvalue weighted by atomic mass is 9.98. The molecule has 0 bridgehead atoms. The monoisotopic (exact) mass is 582 g/mol. The Hall–Kier alpha value is -5.29. The van der Waals surface area contributed by atoms with Crippen molar-refractivity contribution in [3.05, 3.63) is 118 Å². The molecule has 11 nitrogen and oxygen atoms in total. The molecule has 2 amide bonds. The molecule has 220 valence electrons. The van der Waals surface area contributed by atoms with E-state index >= 15 is 0 Å². The van der Waals surface area contributed by atoms with Gasteiger partial charge in [0.05, 0.1) is 12.6 Å². The zero-order valence-electron chi connectivity index (χ0n) is 23.1. The number of ether oxygens (including phenoxy) is 2. The minimum Gasteiger partial charge on any atom is -0.480 e. The Bertz CT molecular complexity index is 1630. The van der Waals surface area contributed by atoms with Crippen LogP contribution in [0.1, 0.15) is 33.8 Å². The fourth-order valence-electron chi connectivity index (χ4n) is 5.03. The number of hydrogen-bond donors (Lipinski definition) is 3. The number of benzene rings is 3. The van der Waals surface area contributed by atoms with Crippen molar-refractivity contribution in [3.8, 4) is 11.1 Å². The predicted octanol–water partition coefficient (Wildman–Crippen LogP) is 3.89. The average Bonchev–Trinajstić information content (AvgIpc) is 3.33. The number of carboxylic acid groups (broad SMARTS) is 1. The molecule has 1 aliphatic carbocycles. The lowest BCUT2D eigenvalue weighted by Crippen LogP contribution is -2.40. The predicted molar refractivity (Wildman–Crippen MR) is 158 cm³/mol. The summed E-state index contributed by atoms with van der Waals surface area (Å²) in [4.78, 5) is 52.7. The molecular weight excluding hydrogens is 552 g/mol. The van der Waals surface area contributed by atoms with Crippen molar-refractivity contribution in [2.45, 2.75) is 24.9 Å². The first-order valence-electron chi connectivity index (χ1n) is 13.7. The third kappa shape index (κ3) is 7.32. The highest BCUT2D eigenvalue weighted by molar-refractivity contribution is 6.03. The number of carbonyl (C=O) groups excluding carboxylic acids is 2. The van der Waals surface area contributed by atoms with Crippen molar-refractivity contribution in [3.63, 3.8) is 0 Å². The van der Waals surface area contributed by atoms with E-state index in [1.54, 1.807) is 30.3 Å². The largest absolute Gasteiger partial charge is 0.480 e. The SMILES string of the molecule is O=C(O)COC[C@H](CCn1ccc(NC(=O)c2ccccc2)nc1=O)NC(=O)OCC1c2ccccc2-c2ccccc21. The number of alkyl carbamates (subject to hydrolysis) is 1. The van der Waals surface area contributed by atoms with E-state index in [4.69, 9.17) is 14.6 Å². The van der Waals surface area contributed by atoms with Gasteiger partial charge in [-0.05, 0) is 46.9 Å². The highest BCUT2D eigenvalue weighted by Gasteiger charge is 2.29. The van der Waals surface area contributed by atoms with E-state index in [0.29, 0.717) is 5.56 Å². The molecule has 0 saturated heterocycles. The van der Waals surface area contributed by atoms with Crippen molar-refractivity contribution < 1.29 is 29.0 Å². The Balaban J connectivity index is 1.19. The topological polar surface area (TPSA) is 149 Å². The molecule has 3 N–H and O–H groups in total. The van der Waals surface area contributed by atoms with Crippen molar-refractivity contribution >= 4 is 23.8 Å². The highest BCUT2D eigenvalue weighted by atomic mass is 16.5. The smallest absolute Gasteiger partial charge is 0.407 e. The minimum atomic E-state index is -1.14. The molecule has 1 aromatic heterocycles. The Morgan fingerprint density at radius 2 is 1.56 bits per heavy atom. The lowest BCUT2D eigenvalue weighted by molar-refractivity contribution is -0.142. The van der Waals surface area contributed by atoms with Crippen LogP contribution < -0.4 is 16.3 Å². The first-order valence-corrected chi connectivity index (χ1v) is 13.7. The molecule has 1 heterocycles. The van der Waals surface area contributed by atoms with Crippen LogP contribution in [0, 0.1) is 0 Å². The third-order valence-electron chi connectivity index (χ3n) is 7.08. The van der Waals surface area contributed by atoms with Crippen LogP contribution in [0.25, 0.3) is 11.1 Å². The summed E-state index contributed by atoms with van der Waals surface area (Å²) in [6.45, 7) is -0.393. The Morgan fingerprint density at radius 3 is 2.21 bits per heavy atom. The first kappa shape index (κ1) is 29.2. The second kappa shape index (κ2) is 13.6. The standard InChI is InChI=1S/C32H30N4O7/c37-29(38)20-42-18-22(14-16-36-17-15-28(35-31(36)40)34-30(39)21-8-2-1-3-9-21)33-32(41)43-19-27-25-12-6-4-10-23(25)24-11-5-7-13-26(24)27/h1-13,15,17,22,27H,14,16,18-20H2,(H,33,41)(H,37,38)(H,34,35,39,40)/t22-/m0/s1. The molecule has 1 aliphatic rings. The number of aromatic nitrogens is 2. The average molecular weight is 583 g/mol. The summed E-state index contributed by atoms with van der Waals surface area (Å²) in [5, 5.41) is 14.3. The fourth-order valence-corrected chi connectivity index (χ4v) is 5.03. The molecule has 43 heavy (non-hydrogen) atoms. The molecule has 3 aromatic carbocycles. The number of aliphatic carboxylic acids is 1. The van der Waals surface area contributed by atoms with E-state index in [1.165, 1.54) is 16.8 Å². The van der Waals surface area contributed by atoms with Crippen LogP contribution in [0.2, 0.25) is 0 Å². The van der Waals surface area contributed by atoms with Gasteiger partial charge in [0.15, 0.2) is 0 Å². The number of carboxylic acids is 1. The minimum absolute atomic E-state index is 0.105. The Labute approximate surface area is 247 Å². The Morgan fingerprint density at radius 1 is 0.907 bits per heavy atom. The van der Waals surface area contributed by atoms with Crippen LogP contribution >= 0.6 is 0 Å². The van der Waals surface area contributed by atoms with Crippen LogP contribution in [0.3, 0.4) is 0 Å². The molecule has 0 unspecified atom stereocenters. The molecule has 0 spiro atoms. The number of nitrogens with zero attached hydrogens (tertiary/aromatic N) is 2. The number of hydrogen-bond acceptors (Lipinski definition) is 7. The Kier molecular flexibility index (Phi) is 9.23. The summed E-state index contributed by atoms with van der Waals surface area (Å²) in [5.41, 5.74) is 4.20. The fraction of sp³-hybridized carbons (Fsp3) is 0.219. The van der Waals surface area contributed by atoms with Crippen molar-refractivity contribution in [2.75, 3.05) is 25.1 Å². The molecule has 5 rings (SSSR count). The van der Waals surface area contributed by atoms with Gasteiger partial charge in [0.1, 0.15) is 19.0 Å². The van der Waals surface area contributed by atoms with E-state index in [0.717, 1.165) is 22.3 Å². The molecule has 1 atom stereocenters. The molecule has 0 radical (unpaired) electrons. The van der Waals surface area contributed by atoms with E-state index in [1.807, 2.05) is 48.5 Å². The van der Waals surface area contributed by atoms with Gasteiger partial charge in [-0.2, -0.15) is 4.98 Å². The zero-order chi connectivity index (χ0) is 30.2. The van der Waals surface area contributed by atoms with E-state index in [2.05, 4.69) is 15.6 Å². The zero-order valence-corrected chi connectivity index (χ0v) is 23.1. The number of amides is 2. The van der Waals surface area contributed by atoms with Gasteiger partial charge in [0.2, 0.25) is 0 Å². The maximum atomic E-state index is 12.8. The maximum Gasteiger partial charge on any atom is 0.407 e. The van der Waals surface area contributed by atoms with Gasteiger partial charge in [-0.3, -0.25) is 9.36 Å². The van der Waals surface area contributed by atoms with Crippen LogP contribution in [-0.2, 0) is 20.8 Å². The van der Waals surface area contributed by atoms with Crippen molar-refractivity contribution in [2.24, 2.45) is 0 Å². The molecule has 0 saturated carbocycles. The number of carbonyl (C=O) groups is 3. The van der Waals surface area contributed by atoms with Gasteiger partial charge >= 0.3 is 17.8 Å². The molecule has 11 heteroatoms. The maximum absolute atomic E-state index is 12.8.